The number of carbonyl (C=O) groups excluding carboxylic acids is 2. The average Bonchev–Trinajstić information content (AvgIpc) is 2.88. The molecule has 3 aromatic carbocycles. The summed E-state index contributed by atoms with van der Waals surface area (Å²) in [5.74, 6) is -0.0170. The molecule has 1 aliphatic rings. The molecule has 176 valence electrons. The number of aromatic hydroxyl groups is 1. The number of hydrogen-bond donors (Lipinski definition) is 1. The summed E-state index contributed by atoms with van der Waals surface area (Å²) >= 11 is 0. The van der Waals surface area contributed by atoms with Crippen LogP contribution >= 0.6 is 0 Å². The Labute approximate surface area is 204 Å². The summed E-state index contributed by atoms with van der Waals surface area (Å²) in [4.78, 5) is 34.9. The number of aryl methyl sites for hydroxylation is 2. The van der Waals surface area contributed by atoms with E-state index < -0.39 is 0 Å². The van der Waals surface area contributed by atoms with E-state index in [0.29, 0.717) is 37.3 Å². The Kier molecular flexibility index (Phi) is 5.95. The van der Waals surface area contributed by atoms with Crippen LogP contribution in [0.4, 0.5) is 0 Å². The van der Waals surface area contributed by atoms with Crippen LogP contribution in [0, 0.1) is 13.8 Å². The highest BCUT2D eigenvalue weighted by molar-refractivity contribution is 6.07. The number of amides is 2. The van der Waals surface area contributed by atoms with E-state index >= 15 is 0 Å². The number of phenolic OH excluding ortho intramolecular Hbond substituents is 1. The van der Waals surface area contributed by atoms with Gasteiger partial charge >= 0.3 is 0 Å². The predicted octanol–water partition coefficient (Wildman–Crippen LogP) is 4.82. The maximum atomic E-state index is 13.7. The van der Waals surface area contributed by atoms with Gasteiger partial charge in [-0.25, -0.2) is 4.98 Å². The van der Waals surface area contributed by atoms with Crippen molar-refractivity contribution in [2.75, 3.05) is 26.2 Å². The van der Waals surface area contributed by atoms with Gasteiger partial charge in [0.25, 0.3) is 11.8 Å². The lowest BCUT2D eigenvalue weighted by atomic mass is 9.99. The molecule has 0 atom stereocenters. The molecule has 1 saturated heterocycles. The molecule has 0 unspecified atom stereocenters. The van der Waals surface area contributed by atoms with Crippen LogP contribution in [0.2, 0.25) is 0 Å². The number of phenols is 1. The van der Waals surface area contributed by atoms with Gasteiger partial charge in [0, 0.05) is 42.7 Å². The van der Waals surface area contributed by atoms with Gasteiger partial charge in [0.15, 0.2) is 0 Å². The maximum absolute atomic E-state index is 13.7. The van der Waals surface area contributed by atoms with Gasteiger partial charge in [-0.1, -0.05) is 42.0 Å². The first kappa shape index (κ1) is 22.6. The van der Waals surface area contributed by atoms with Crippen LogP contribution in [0.1, 0.15) is 31.8 Å². The molecule has 2 amide bonds. The SMILES string of the molecule is Cc1ccc(-c2cc(C(=O)N3CCN(C(=O)c4ccc(O)cc4)CC3)c3ccccc3n2)c(C)c1. The van der Waals surface area contributed by atoms with Gasteiger partial charge in [-0.2, -0.15) is 0 Å². The highest BCUT2D eigenvalue weighted by Crippen LogP contribution is 2.28. The van der Waals surface area contributed by atoms with Crippen molar-refractivity contribution in [3.05, 3.63) is 95.1 Å². The minimum Gasteiger partial charge on any atom is -0.508 e. The third kappa shape index (κ3) is 4.47. The number of rotatable bonds is 3. The topological polar surface area (TPSA) is 73.7 Å². The number of carbonyl (C=O) groups is 2. The molecule has 1 fully saturated rings. The van der Waals surface area contributed by atoms with Crippen molar-refractivity contribution in [2.45, 2.75) is 13.8 Å². The molecule has 1 aromatic heterocycles. The first-order valence-electron chi connectivity index (χ1n) is 11.8. The maximum Gasteiger partial charge on any atom is 0.254 e. The molecule has 1 aliphatic heterocycles. The zero-order valence-corrected chi connectivity index (χ0v) is 19.9. The second-order valence-electron chi connectivity index (χ2n) is 9.02. The number of benzene rings is 3. The zero-order chi connectivity index (χ0) is 24.5. The minimum atomic E-state index is -0.0939. The second kappa shape index (κ2) is 9.22. The molecule has 0 saturated carbocycles. The molecule has 0 aliphatic carbocycles. The van der Waals surface area contributed by atoms with E-state index in [0.717, 1.165) is 27.7 Å². The summed E-state index contributed by atoms with van der Waals surface area (Å²) in [5.41, 5.74) is 6.04. The van der Waals surface area contributed by atoms with E-state index in [4.69, 9.17) is 4.98 Å². The lowest BCUT2D eigenvalue weighted by Gasteiger charge is -2.35. The molecule has 6 heteroatoms. The highest BCUT2D eigenvalue weighted by atomic mass is 16.3. The zero-order valence-electron chi connectivity index (χ0n) is 19.9. The normalized spacial score (nSPS) is 13.8. The van der Waals surface area contributed by atoms with Crippen molar-refractivity contribution in [1.29, 1.82) is 0 Å². The molecule has 0 bridgehead atoms. The third-order valence-corrected chi connectivity index (χ3v) is 6.57. The van der Waals surface area contributed by atoms with Gasteiger partial charge in [-0.15, -0.1) is 0 Å². The van der Waals surface area contributed by atoms with E-state index in [9.17, 15) is 14.7 Å². The quantitative estimate of drug-likeness (QED) is 0.471. The first-order chi connectivity index (χ1) is 16.9. The van der Waals surface area contributed by atoms with Crippen LogP contribution in [0.15, 0.2) is 72.8 Å². The lowest BCUT2D eigenvalue weighted by Crippen LogP contribution is -2.50. The van der Waals surface area contributed by atoms with Crippen molar-refractivity contribution in [1.82, 2.24) is 14.8 Å². The molecule has 4 aromatic rings. The summed E-state index contributed by atoms with van der Waals surface area (Å²) in [6, 6.07) is 22.1. The summed E-state index contributed by atoms with van der Waals surface area (Å²) in [6.07, 6.45) is 0. The fourth-order valence-corrected chi connectivity index (χ4v) is 4.66. The van der Waals surface area contributed by atoms with Gasteiger partial charge in [0.1, 0.15) is 5.75 Å². The Morgan fingerprint density at radius 3 is 2.14 bits per heavy atom. The predicted molar refractivity (Wildman–Crippen MR) is 137 cm³/mol. The van der Waals surface area contributed by atoms with E-state index in [1.807, 2.05) is 35.2 Å². The van der Waals surface area contributed by atoms with Gasteiger partial charge < -0.3 is 14.9 Å². The monoisotopic (exact) mass is 465 g/mol. The molecule has 0 radical (unpaired) electrons. The molecule has 0 spiro atoms. The van der Waals surface area contributed by atoms with E-state index in [-0.39, 0.29) is 17.6 Å². The van der Waals surface area contributed by atoms with Gasteiger partial charge in [-0.3, -0.25) is 9.59 Å². The Hall–Kier alpha value is -4.19. The van der Waals surface area contributed by atoms with E-state index in [1.54, 1.807) is 17.0 Å². The fourth-order valence-electron chi connectivity index (χ4n) is 4.66. The number of piperazine rings is 1. The van der Waals surface area contributed by atoms with E-state index in [1.165, 1.54) is 17.7 Å². The molecule has 2 heterocycles. The second-order valence-corrected chi connectivity index (χ2v) is 9.02. The van der Waals surface area contributed by atoms with Crippen LogP contribution in [0.3, 0.4) is 0 Å². The van der Waals surface area contributed by atoms with Gasteiger partial charge in [-0.05, 0) is 55.8 Å². The van der Waals surface area contributed by atoms with Gasteiger partial charge in [0.2, 0.25) is 0 Å². The van der Waals surface area contributed by atoms with Gasteiger partial charge in [0.05, 0.1) is 16.8 Å². The number of nitrogens with zero attached hydrogens (tertiary/aromatic N) is 3. The lowest BCUT2D eigenvalue weighted by molar-refractivity contribution is 0.0536. The Balaban J connectivity index is 1.41. The summed E-state index contributed by atoms with van der Waals surface area (Å²) in [6.45, 7) is 5.95. The number of hydrogen-bond acceptors (Lipinski definition) is 4. The van der Waals surface area contributed by atoms with Crippen molar-refractivity contribution in [3.8, 4) is 17.0 Å². The summed E-state index contributed by atoms with van der Waals surface area (Å²) in [5, 5.41) is 10.3. The van der Waals surface area contributed by atoms with E-state index in [2.05, 4.69) is 32.0 Å². The van der Waals surface area contributed by atoms with Crippen molar-refractivity contribution >= 4 is 22.7 Å². The van der Waals surface area contributed by atoms with Crippen LogP contribution in [-0.2, 0) is 0 Å². The highest BCUT2D eigenvalue weighted by Gasteiger charge is 2.27. The summed E-state index contributed by atoms with van der Waals surface area (Å²) < 4.78 is 0. The minimum absolute atomic E-state index is 0.0497. The van der Waals surface area contributed by atoms with Crippen LogP contribution in [0.5, 0.6) is 5.75 Å². The molecular weight excluding hydrogens is 438 g/mol. The van der Waals surface area contributed by atoms with Crippen LogP contribution in [0.25, 0.3) is 22.2 Å². The first-order valence-corrected chi connectivity index (χ1v) is 11.8. The average molecular weight is 466 g/mol. The fraction of sp³-hybridized carbons (Fsp3) is 0.207. The molecule has 35 heavy (non-hydrogen) atoms. The standard InChI is InChI=1S/C29H27N3O3/c1-19-7-12-23(20(2)17-19)27-18-25(24-5-3-4-6-26(24)30-27)29(35)32-15-13-31(14-16-32)28(34)21-8-10-22(33)11-9-21/h3-12,17-18,33H,13-16H2,1-2H3. The Morgan fingerprint density at radius 1 is 0.800 bits per heavy atom. The third-order valence-electron chi connectivity index (χ3n) is 6.57. The van der Waals surface area contributed by atoms with Crippen molar-refractivity contribution in [3.63, 3.8) is 0 Å². The number of aromatic nitrogens is 1. The van der Waals surface area contributed by atoms with Crippen LogP contribution < -0.4 is 0 Å². The molecular formula is C29H27N3O3. The number of para-hydroxylation sites is 1. The largest absolute Gasteiger partial charge is 0.508 e. The van der Waals surface area contributed by atoms with Crippen molar-refractivity contribution < 1.29 is 14.7 Å². The van der Waals surface area contributed by atoms with Crippen molar-refractivity contribution in [2.24, 2.45) is 0 Å². The Morgan fingerprint density at radius 2 is 1.46 bits per heavy atom. The molecule has 5 rings (SSSR count). The number of fused-ring (bicyclic) bond motifs is 1. The smallest absolute Gasteiger partial charge is 0.254 e. The summed E-state index contributed by atoms with van der Waals surface area (Å²) in [7, 11) is 0. The molecule has 6 nitrogen and oxygen atoms in total. The Bertz CT molecular complexity index is 1420. The molecule has 1 N–H and O–H groups in total. The van der Waals surface area contributed by atoms with Crippen LogP contribution in [-0.4, -0.2) is 57.9 Å². The number of pyridine rings is 1.